The van der Waals surface area contributed by atoms with Crippen LogP contribution in [0.25, 0.3) is 0 Å². The van der Waals surface area contributed by atoms with Gasteiger partial charge < -0.3 is 4.74 Å². The van der Waals surface area contributed by atoms with Crippen LogP contribution in [0.15, 0.2) is 54.6 Å². The van der Waals surface area contributed by atoms with Crippen LogP contribution in [0.1, 0.15) is 18.4 Å². The Bertz CT molecular complexity index is 571. The van der Waals surface area contributed by atoms with Gasteiger partial charge in [-0.3, -0.25) is 0 Å². The van der Waals surface area contributed by atoms with Gasteiger partial charge in [-0.25, -0.2) is 0 Å². The van der Waals surface area contributed by atoms with Crippen LogP contribution in [0.5, 0.6) is 11.5 Å². The van der Waals surface area contributed by atoms with Gasteiger partial charge in [-0.05, 0) is 42.7 Å². The fourth-order valence-corrected chi connectivity index (χ4v) is 2.11. The molecule has 0 aliphatic heterocycles. The largest absolute Gasteiger partial charge is 0.457 e. The van der Waals surface area contributed by atoms with Crippen LogP contribution in [-0.2, 0) is 5.41 Å². The van der Waals surface area contributed by atoms with Crippen LogP contribution in [0.4, 0.5) is 0 Å². The highest BCUT2D eigenvalue weighted by Gasteiger charge is 2.42. The molecule has 2 aromatic carbocycles. The van der Waals surface area contributed by atoms with Crippen molar-refractivity contribution in [2.24, 2.45) is 0 Å². The second-order valence-electron chi connectivity index (χ2n) is 4.67. The molecule has 0 N–H and O–H groups in total. The zero-order valence-corrected chi connectivity index (χ0v) is 10.1. The molecule has 1 heteroatoms. The number of terminal acetylenes is 1. The highest BCUT2D eigenvalue weighted by molar-refractivity contribution is 5.43. The van der Waals surface area contributed by atoms with Crippen molar-refractivity contribution in [2.75, 3.05) is 0 Å². The van der Waals surface area contributed by atoms with Crippen molar-refractivity contribution >= 4 is 0 Å². The van der Waals surface area contributed by atoms with Crippen molar-refractivity contribution in [1.82, 2.24) is 0 Å². The molecule has 1 saturated carbocycles. The molecule has 88 valence electrons. The maximum absolute atomic E-state index is 5.75. The Kier molecular flexibility index (Phi) is 2.57. The molecule has 0 bridgehead atoms. The molecule has 0 atom stereocenters. The predicted octanol–water partition coefficient (Wildman–Crippen LogP) is 4.14. The Labute approximate surface area is 107 Å². The number of hydrogen-bond acceptors (Lipinski definition) is 1. The van der Waals surface area contributed by atoms with E-state index in [0.717, 1.165) is 24.3 Å². The summed E-state index contributed by atoms with van der Waals surface area (Å²) in [5.41, 5.74) is 1.23. The molecule has 0 spiro atoms. The SMILES string of the molecule is C#CC1(c2ccc(Oc3ccccc3)cc2)CC1. The first kappa shape index (κ1) is 10.9. The summed E-state index contributed by atoms with van der Waals surface area (Å²) in [6, 6.07) is 17.9. The molecule has 0 aromatic heterocycles. The van der Waals surface area contributed by atoms with E-state index in [2.05, 4.69) is 18.1 Å². The molecule has 2 aromatic rings. The molecule has 0 amide bonds. The summed E-state index contributed by atoms with van der Waals surface area (Å²) in [5.74, 6) is 4.59. The average molecular weight is 234 g/mol. The molecule has 1 fully saturated rings. The summed E-state index contributed by atoms with van der Waals surface area (Å²) >= 11 is 0. The van der Waals surface area contributed by atoms with Gasteiger partial charge in [0.1, 0.15) is 11.5 Å². The van der Waals surface area contributed by atoms with Gasteiger partial charge in [-0.2, -0.15) is 0 Å². The van der Waals surface area contributed by atoms with E-state index in [0.29, 0.717) is 0 Å². The molecule has 1 aliphatic carbocycles. The summed E-state index contributed by atoms with van der Waals surface area (Å²) in [7, 11) is 0. The Balaban J connectivity index is 1.78. The van der Waals surface area contributed by atoms with Gasteiger partial charge in [0.05, 0.1) is 5.41 Å². The maximum Gasteiger partial charge on any atom is 0.127 e. The van der Waals surface area contributed by atoms with Crippen molar-refractivity contribution in [1.29, 1.82) is 0 Å². The van der Waals surface area contributed by atoms with Crippen LogP contribution in [-0.4, -0.2) is 0 Å². The summed E-state index contributed by atoms with van der Waals surface area (Å²) in [6.45, 7) is 0. The van der Waals surface area contributed by atoms with E-state index >= 15 is 0 Å². The first-order chi connectivity index (χ1) is 8.82. The van der Waals surface area contributed by atoms with E-state index in [1.807, 2.05) is 42.5 Å². The van der Waals surface area contributed by atoms with Gasteiger partial charge in [0, 0.05) is 0 Å². The van der Waals surface area contributed by atoms with Gasteiger partial charge in [-0.1, -0.05) is 36.3 Å². The highest BCUT2D eigenvalue weighted by Crippen LogP contribution is 2.47. The number of hydrogen-bond donors (Lipinski definition) is 0. The van der Waals surface area contributed by atoms with Crippen molar-refractivity contribution in [2.45, 2.75) is 18.3 Å². The molecule has 1 nitrogen and oxygen atoms in total. The minimum atomic E-state index is 0.00524. The van der Waals surface area contributed by atoms with E-state index < -0.39 is 0 Å². The molecule has 0 radical (unpaired) electrons. The molecule has 1 aliphatic rings. The normalized spacial score (nSPS) is 15.7. The highest BCUT2D eigenvalue weighted by atomic mass is 16.5. The second kappa shape index (κ2) is 4.23. The van der Waals surface area contributed by atoms with E-state index in [1.165, 1.54) is 5.56 Å². The Morgan fingerprint density at radius 1 is 0.889 bits per heavy atom. The summed E-state index contributed by atoms with van der Waals surface area (Å²) < 4.78 is 5.75. The Morgan fingerprint density at radius 3 is 2.06 bits per heavy atom. The number of benzene rings is 2. The lowest BCUT2D eigenvalue weighted by molar-refractivity contribution is 0.482. The summed E-state index contributed by atoms with van der Waals surface area (Å²) in [6.07, 6.45) is 7.78. The van der Waals surface area contributed by atoms with E-state index in [1.54, 1.807) is 0 Å². The first-order valence-electron chi connectivity index (χ1n) is 6.14. The minimum Gasteiger partial charge on any atom is -0.457 e. The zero-order chi connectivity index (χ0) is 12.4. The van der Waals surface area contributed by atoms with Gasteiger partial charge in [0.15, 0.2) is 0 Å². The fraction of sp³-hybridized carbons (Fsp3) is 0.176. The Hall–Kier alpha value is -2.20. The van der Waals surface area contributed by atoms with Gasteiger partial charge >= 0.3 is 0 Å². The smallest absolute Gasteiger partial charge is 0.127 e. The predicted molar refractivity (Wildman–Crippen MR) is 72.7 cm³/mol. The Morgan fingerprint density at radius 2 is 1.50 bits per heavy atom. The lowest BCUT2D eigenvalue weighted by Gasteiger charge is -2.10. The van der Waals surface area contributed by atoms with E-state index in [-0.39, 0.29) is 5.41 Å². The third-order valence-electron chi connectivity index (χ3n) is 3.41. The third kappa shape index (κ3) is 1.98. The lowest BCUT2D eigenvalue weighted by atomic mass is 9.97. The third-order valence-corrected chi connectivity index (χ3v) is 3.41. The lowest BCUT2D eigenvalue weighted by Crippen LogP contribution is -2.01. The average Bonchev–Trinajstić information content (AvgIpc) is 3.22. The van der Waals surface area contributed by atoms with Gasteiger partial charge in [0.2, 0.25) is 0 Å². The van der Waals surface area contributed by atoms with Crippen molar-refractivity contribution in [3.8, 4) is 23.8 Å². The van der Waals surface area contributed by atoms with Crippen molar-refractivity contribution in [3.05, 3.63) is 60.2 Å². The first-order valence-corrected chi connectivity index (χ1v) is 6.14. The molecular formula is C17H14O. The van der Waals surface area contributed by atoms with Gasteiger partial charge in [0.25, 0.3) is 0 Å². The van der Waals surface area contributed by atoms with Crippen LogP contribution < -0.4 is 4.74 Å². The molecule has 0 unspecified atom stereocenters. The fourth-order valence-electron chi connectivity index (χ4n) is 2.11. The van der Waals surface area contributed by atoms with Crippen molar-refractivity contribution in [3.63, 3.8) is 0 Å². The molecule has 0 heterocycles. The molecular weight excluding hydrogens is 220 g/mol. The van der Waals surface area contributed by atoms with Gasteiger partial charge in [-0.15, -0.1) is 6.42 Å². The maximum atomic E-state index is 5.75. The minimum absolute atomic E-state index is 0.00524. The second-order valence-corrected chi connectivity index (χ2v) is 4.67. The standard InChI is InChI=1S/C17H14O/c1-2-17(12-13-17)14-8-10-16(11-9-14)18-15-6-4-3-5-7-15/h1,3-11H,12-13H2. The topological polar surface area (TPSA) is 9.23 Å². The number of para-hydroxylation sites is 1. The monoisotopic (exact) mass is 234 g/mol. The quantitative estimate of drug-likeness (QED) is 0.725. The van der Waals surface area contributed by atoms with Crippen molar-refractivity contribution < 1.29 is 4.74 Å². The zero-order valence-electron chi connectivity index (χ0n) is 10.1. The molecule has 18 heavy (non-hydrogen) atoms. The van der Waals surface area contributed by atoms with Crippen LogP contribution in [0, 0.1) is 12.3 Å². The van der Waals surface area contributed by atoms with E-state index in [4.69, 9.17) is 11.2 Å². The summed E-state index contributed by atoms with van der Waals surface area (Å²) in [4.78, 5) is 0. The number of ether oxygens (including phenoxy) is 1. The summed E-state index contributed by atoms with van der Waals surface area (Å²) in [5, 5.41) is 0. The molecule has 0 saturated heterocycles. The molecule has 3 rings (SSSR count). The van der Waals surface area contributed by atoms with Crippen LogP contribution in [0.3, 0.4) is 0 Å². The van der Waals surface area contributed by atoms with E-state index in [9.17, 15) is 0 Å². The number of rotatable bonds is 3. The van der Waals surface area contributed by atoms with Crippen LogP contribution >= 0.6 is 0 Å². The van der Waals surface area contributed by atoms with Crippen LogP contribution in [0.2, 0.25) is 0 Å².